The second kappa shape index (κ2) is 5.43. The van der Waals surface area contributed by atoms with Gasteiger partial charge in [-0.25, -0.2) is 13.6 Å². The van der Waals surface area contributed by atoms with E-state index >= 15 is 0 Å². The molecule has 0 atom stereocenters. The summed E-state index contributed by atoms with van der Waals surface area (Å²) in [5.74, 6) is -2.98. The summed E-state index contributed by atoms with van der Waals surface area (Å²) >= 11 is 0. The van der Waals surface area contributed by atoms with Crippen LogP contribution in [0.4, 0.5) is 8.78 Å². The standard InChI is InChI=1S/C13H9F2NO3/c1-18-11-4-2-3-9(14)12(11)19-13(17)8-5-6-16-7-10(8)15/h2-7H,1H3. The first-order valence-electron chi connectivity index (χ1n) is 5.27. The molecule has 1 aromatic heterocycles. The molecular formula is C13H9F2NO3. The van der Waals surface area contributed by atoms with Crippen LogP contribution in [0.5, 0.6) is 11.5 Å². The van der Waals surface area contributed by atoms with E-state index in [1.54, 1.807) is 0 Å². The molecule has 0 radical (unpaired) electrons. The quantitative estimate of drug-likeness (QED) is 0.632. The Kier molecular flexibility index (Phi) is 3.70. The van der Waals surface area contributed by atoms with E-state index in [9.17, 15) is 13.6 Å². The van der Waals surface area contributed by atoms with Crippen molar-refractivity contribution in [2.45, 2.75) is 0 Å². The number of ether oxygens (including phenoxy) is 2. The van der Waals surface area contributed by atoms with Crippen molar-refractivity contribution < 1.29 is 23.0 Å². The van der Waals surface area contributed by atoms with Gasteiger partial charge in [0.25, 0.3) is 0 Å². The Bertz CT molecular complexity index is 617. The molecule has 0 aliphatic heterocycles. The van der Waals surface area contributed by atoms with Gasteiger partial charge < -0.3 is 9.47 Å². The van der Waals surface area contributed by atoms with Crippen molar-refractivity contribution in [1.82, 2.24) is 4.98 Å². The number of benzene rings is 1. The monoisotopic (exact) mass is 265 g/mol. The summed E-state index contributed by atoms with van der Waals surface area (Å²) in [7, 11) is 1.30. The number of nitrogens with zero attached hydrogens (tertiary/aromatic N) is 1. The third-order valence-electron chi connectivity index (χ3n) is 2.34. The highest BCUT2D eigenvalue weighted by atomic mass is 19.1. The minimum atomic E-state index is -1.02. The second-order valence-corrected chi connectivity index (χ2v) is 3.52. The SMILES string of the molecule is COc1cccc(F)c1OC(=O)c1ccncc1F. The number of hydrogen-bond acceptors (Lipinski definition) is 4. The number of methoxy groups -OCH3 is 1. The first-order valence-corrected chi connectivity index (χ1v) is 5.27. The van der Waals surface area contributed by atoms with Gasteiger partial charge in [0.1, 0.15) is 0 Å². The molecular weight excluding hydrogens is 256 g/mol. The number of carbonyl (C=O) groups excluding carboxylic acids is 1. The van der Waals surface area contributed by atoms with Gasteiger partial charge in [0.15, 0.2) is 17.4 Å². The van der Waals surface area contributed by atoms with Crippen molar-refractivity contribution in [1.29, 1.82) is 0 Å². The van der Waals surface area contributed by atoms with E-state index in [2.05, 4.69) is 4.98 Å². The summed E-state index contributed by atoms with van der Waals surface area (Å²) < 4.78 is 36.6. The van der Waals surface area contributed by atoms with Gasteiger partial charge in [-0.2, -0.15) is 0 Å². The summed E-state index contributed by atoms with van der Waals surface area (Å²) in [6.45, 7) is 0. The van der Waals surface area contributed by atoms with Crippen LogP contribution >= 0.6 is 0 Å². The van der Waals surface area contributed by atoms with Crippen LogP contribution in [-0.2, 0) is 0 Å². The molecule has 0 spiro atoms. The number of rotatable bonds is 3. The molecule has 0 N–H and O–H groups in total. The highest BCUT2D eigenvalue weighted by molar-refractivity contribution is 5.91. The predicted octanol–water partition coefficient (Wildman–Crippen LogP) is 2.59. The van der Waals surface area contributed by atoms with Crippen LogP contribution in [0.15, 0.2) is 36.7 Å². The van der Waals surface area contributed by atoms with Crippen molar-refractivity contribution in [2.24, 2.45) is 0 Å². The van der Waals surface area contributed by atoms with E-state index in [0.29, 0.717) is 0 Å². The molecule has 0 aliphatic rings. The minimum absolute atomic E-state index is 0.0443. The van der Waals surface area contributed by atoms with Crippen LogP contribution in [0.25, 0.3) is 0 Å². The van der Waals surface area contributed by atoms with E-state index < -0.39 is 17.6 Å². The van der Waals surface area contributed by atoms with Gasteiger partial charge in [-0.15, -0.1) is 0 Å². The Morgan fingerprint density at radius 3 is 2.68 bits per heavy atom. The molecule has 1 heterocycles. The maximum atomic E-state index is 13.6. The fourth-order valence-corrected chi connectivity index (χ4v) is 1.44. The zero-order valence-electron chi connectivity index (χ0n) is 9.89. The van der Waals surface area contributed by atoms with E-state index in [4.69, 9.17) is 9.47 Å². The van der Waals surface area contributed by atoms with Crippen LogP contribution in [0.1, 0.15) is 10.4 Å². The smallest absolute Gasteiger partial charge is 0.346 e. The Morgan fingerprint density at radius 2 is 2.00 bits per heavy atom. The Labute approximate surface area is 107 Å². The largest absolute Gasteiger partial charge is 0.493 e. The molecule has 1 aromatic carbocycles. The zero-order valence-corrected chi connectivity index (χ0v) is 9.89. The molecule has 0 saturated carbocycles. The van der Waals surface area contributed by atoms with Crippen LogP contribution in [0.3, 0.4) is 0 Å². The Hall–Kier alpha value is -2.50. The van der Waals surface area contributed by atoms with Gasteiger partial charge in [0.05, 0.1) is 18.9 Å². The summed E-state index contributed by atoms with van der Waals surface area (Å²) in [6.07, 6.45) is 2.10. The molecule has 2 rings (SSSR count). The zero-order chi connectivity index (χ0) is 13.8. The van der Waals surface area contributed by atoms with Crippen molar-refractivity contribution in [3.8, 4) is 11.5 Å². The lowest BCUT2D eigenvalue weighted by atomic mass is 10.2. The van der Waals surface area contributed by atoms with Crippen LogP contribution in [0.2, 0.25) is 0 Å². The maximum absolute atomic E-state index is 13.6. The molecule has 6 heteroatoms. The van der Waals surface area contributed by atoms with Gasteiger partial charge in [-0.05, 0) is 18.2 Å². The number of carbonyl (C=O) groups is 1. The lowest BCUT2D eigenvalue weighted by molar-refractivity contribution is 0.0717. The summed E-state index contributed by atoms with van der Waals surface area (Å²) in [5.41, 5.74) is -0.333. The number of hydrogen-bond donors (Lipinski definition) is 0. The highest BCUT2D eigenvalue weighted by Crippen LogP contribution is 2.30. The third kappa shape index (κ3) is 2.67. The lowest BCUT2D eigenvalue weighted by Crippen LogP contribution is -2.12. The molecule has 0 saturated heterocycles. The molecule has 0 unspecified atom stereocenters. The van der Waals surface area contributed by atoms with Crippen molar-refractivity contribution >= 4 is 5.97 Å². The van der Waals surface area contributed by atoms with Crippen LogP contribution in [-0.4, -0.2) is 18.1 Å². The lowest BCUT2D eigenvalue weighted by Gasteiger charge is -2.09. The van der Waals surface area contributed by atoms with Crippen LogP contribution in [0, 0.1) is 11.6 Å². The fraction of sp³-hybridized carbons (Fsp3) is 0.0769. The summed E-state index contributed by atoms with van der Waals surface area (Å²) in [6, 6.07) is 5.08. The van der Waals surface area contributed by atoms with Crippen LogP contribution < -0.4 is 9.47 Å². The first kappa shape index (κ1) is 12.9. The number of para-hydroxylation sites is 1. The van der Waals surface area contributed by atoms with Gasteiger partial charge in [-0.1, -0.05) is 6.07 Å². The molecule has 19 heavy (non-hydrogen) atoms. The van der Waals surface area contributed by atoms with Gasteiger partial charge >= 0.3 is 5.97 Å². The number of halogens is 2. The Balaban J connectivity index is 2.32. The van der Waals surface area contributed by atoms with E-state index in [0.717, 1.165) is 18.3 Å². The van der Waals surface area contributed by atoms with E-state index in [1.165, 1.54) is 25.4 Å². The van der Waals surface area contributed by atoms with Gasteiger partial charge in [0, 0.05) is 6.20 Å². The highest BCUT2D eigenvalue weighted by Gasteiger charge is 2.19. The Morgan fingerprint density at radius 1 is 1.21 bits per heavy atom. The third-order valence-corrected chi connectivity index (χ3v) is 2.34. The van der Waals surface area contributed by atoms with Gasteiger partial charge in [0.2, 0.25) is 5.75 Å². The molecule has 4 nitrogen and oxygen atoms in total. The molecule has 98 valence electrons. The maximum Gasteiger partial charge on any atom is 0.346 e. The predicted molar refractivity (Wildman–Crippen MR) is 62.1 cm³/mol. The number of esters is 1. The molecule has 0 fully saturated rings. The number of pyridine rings is 1. The van der Waals surface area contributed by atoms with E-state index in [1.807, 2.05) is 0 Å². The molecule has 0 bridgehead atoms. The topological polar surface area (TPSA) is 48.4 Å². The molecule has 2 aromatic rings. The van der Waals surface area contributed by atoms with Crippen molar-refractivity contribution in [3.05, 3.63) is 53.9 Å². The molecule has 0 amide bonds. The number of aromatic nitrogens is 1. The minimum Gasteiger partial charge on any atom is -0.493 e. The van der Waals surface area contributed by atoms with Gasteiger partial charge in [-0.3, -0.25) is 4.98 Å². The van der Waals surface area contributed by atoms with E-state index in [-0.39, 0.29) is 17.1 Å². The summed E-state index contributed by atoms with van der Waals surface area (Å²) in [5, 5.41) is 0. The average molecular weight is 265 g/mol. The van der Waals surface area contributed by atoms with Crippen molar-refractivity contribution in [2.75, 3.05) is 7.11 Å². The fourth-order valence-electron chi connectivity index (χ4n) is 1.44. The summed E-state index contributed by atoms with van der Waals surface area (Å²) in [4.78, 5) is 15.2. The first-order chi connectivity index (χ1) is 9.13. The average Bonchev–Trinajstić information content (AvgIpc) is 2.41. The molecule has 0 aliphatic carbocycles. The normalized spacial score (nSPS) is 10.1. The van der Waals surface area contributed by atoms with Crippen molar-refractivity contribution in [3.63, 3.8) is 0 Å². The second-order valence-electron chi connectivity index (χ2n) is 3.52.